The summed E-state index contributed by atoms with van der Waals surface area (Å²) in [5.41, 5.74) is 1.09. The molecule has 2 aromatic rings. The molecule has 1 aromatic carbocycles. The lowest BCUT2D eigenvalue weighted by Crippen LogP contribution is -1.75. The Morgan fingerprint density at radius 1 is 1.46 bits per heavy atom. The van der Waals surface area contributed by atoms with Crippen LogP contribution < -0.4 is 0 Å². The third-order valence-electron chi connectivity index (χ3n) is 2.04. The van der Waals surface area contributed by atoms with E-state index >= 15 is 0 Å². The predicted molar refractivity (Wildman–Crippen MR) is 59.6 cm³/mol. The SMILES string of the molecule is Cc1c(C=O)sc2cc(Br)ccc12. The van der Waals surface area contributed by atoms with Gasteiger partial charge in [-0.3, -0.25) is 4.79 Å². The molecule has 2 rings (SSSR count). The van der Waals surface area contributed by atoms with Crippen molar-refractivity contribution in [3.8, 4) is 0 Å². The summed E-state index contributed by atoms with van der Waals surface area (Å²) in [7, 11) is 0. The van der Waals surface area contributed by atoms with Crippen LogP contribution in [0.2, 0.25) is 0 Å². The fourth-order valence-electron chi connectivity index (χ4n) is 1.33. The first-order valence-electron chi connectivity index (χ1n) is 3.86. The van der Waals surface area contributed by atoms with E-state index in [-0.39, 0.29) is 0 Å². The molecule has 0 amide bonds. The molecule has 13 heavy (non-hydrogen) atoms. The standard InChI is InChI=1S/C10H7BrOS/c1-6-8-3-2-7(11)4-9(8)13-10(6)5-12/h2-5H,1H3. The Balaban J connectivity index is 2.83. The fraction of sp³-hybridized carbons (Fsp3) is 0.100. The Kier molecular flexibility index (Phi) is 2.22. The summed E-state index contributed by atoms with van der Waals surface area (Å²) in [6, 6.07) is 6.08. The van der Waals surface area contributed by atoms with E-state index in [2.05, 4.69) is 15.9 Å². The van der Waals surface area contributed by atoms with Crippen molar-refractivity contribution in [2.45, 2.75) is 6.92 Å². The van der Waals surface area contributed by atoms with Crippen molar-refractivity contribution in [1.29, 1.82) is 0 Å². The molecule has 3 heteroatoms. The van der Waals surface area contributed by atoms with Gasteiger partial charge in [-0.05, 0) is 30.0 Å². The summed E-state index contributed by atoms with van der Waals surface area (Å²) in [5.74, 6) is 0. The van der Waals surface area contributed by atoms with Crippen molar-refractivity contribution >= 4 is 43.6 Å². The third kappa shape index (κ3) is 1.42. The molecule has 1 aromatic heterocycles. The van der Waals surface area contributed by atoms with Gasteiger partial charge in [-0.25, -0.2) is 0 Å². The lowest BCUT2D eigenvalue weighted by atomic mass is 10.1. The topological polar surface area (TPSA) is 17.1 Å². The van der Waals surface area contributed by atoms with Crippen LogP contribution in [0.1, 0.15) is 15.2 Å². The second kappa shape index (κ2) is 3.24. The number of thiophene rings is 1. The van der Waals surface area contributed by atoms with Gasteiger partial charge < -0.3 is 0 Å². The number of aldehydes is 1. The van der Waals surface area contributed by atoms with E-state index in [0.29, 0.717) is 0 Å². The summed E-state index contributed by atoms with van der Waals surface area (Å²) in [6.07, 6.45) is 0.925. The zero-order chi connectivity index (χ0) is 9.42. The van der Waals surface area contributed by atoms with Gasteiger partial charge in [0.25, 0.3) is 0 Å². The quantitative estimate of drug-likeness (QED) is 0.708. The fourth-order valence-corrected chi connectivity index (χ4v) is 2.91. The van der Waals surface area contributed by atoms with E-state index in [0.717, 1.165) is 25.9 Å². The van der Waals surface area contributed by atoms with Crippen LogP contribution in [-0.4, -0.2) is 6.29 Å². The van der Waals surface area contributed by atoms with E-state index in [4.69, 9.17) is 0 Å². The number of fused-ring (bicyclic) bond motifs is 1. The second-order valence-electron chi connectivity index (χ2n) is 2.85. The first kappa shape index (κ1) is 8.91. The van der Waals surface area contributed by atoms with E-state index in [9.17, 15) is 4.79 Å². The third-order valence-corrected chi connectivity index (χ3v) is 3.72. The van der Waals surface area contributed by atoms with Gasteiger partial charge in [0.05, 0.1) is 4.88 Å². The van der Waals surface area contributed by atoms with Crippen LogP contribution in [0, 0.1) is 6.92 Å². The van der Waals surface area contributed by atoms with Gasteiger partial charge in [0.2, 0.25) is 0 Å². The summed E-state index contributed by atoms with van der Waals surface area (Å²) in [5, 5.41) is 1.18. The lowest BCUT2D eigenvalue weighted by molar-refractivity contribution is 0.112. The zero-order valence-corrected chi connectivity index (χ0v) is 9.41. The number of halogens is 1. The molecule has 0 saturated carbocycles. The van der Waals surface area contributed by atoms with E-state index in [1.54, 1.807) is 0 Å². The number of hydrogen-bond acceptors (Lipinski definition) is 2. The minimum Gasteiger partial charge on any atom is -0.297 e. The van der Waals surface area contributed by atoms with Crippen molar-refractivity contribution in [1.82, 2.24) is 0 Å². The van der Waals surface area contributed by atoms with Crippen LogP contribution in [0.4, 0.5) is 0 Å². The van der Waals surface area contributed by atoms with Gasteiger partial charge in [0.1, 0.15) is 0 Å². The van der Waals surface area contributed by atoms with Crippen molar-refractivity contribution in [2.75, 3.05) is 0 Å². The number of carbonyl (C=O) groups excluding carboxylic acids is 1. The van der Waals surface area contributed by atoms with Crippen LogP contribution in [-0.2, 0) is 0 Å². The minimum atomic E-state index is 0.827. The smallest absolute Gasteiger partial charge is 0.160 e. The van der Waals surface area contributed by atoms with Gasteiger partial charge in [-0.15, -0.1) is 11.3 Å². The van der Waals surface area contributed by atoms with Crippen LogP contribution in [0.25, 0.3) is 10.1 Å². The number of benzene rings is 1. The molecule has 0 atom stereocenters. The molecule has 0 N–H and O–H groups in total. The Labute approximate surface area is 88.5 Å². The molecule has 0 bridgehead atoms. The molecule has 0 aliphatic carbocycles. The molecular formula is C10H7BrOS. The maximum absolute atomic E-state index is 10.7. The molecule has 0 unspecified atom stereocenters. The second-order valence-corrected chi connectivity index (χ2v) is 4.85. The normalized spacial score (nSPS) is 10.6. The molecule has 0 fully saturated rings. The highest BCUT2D eigenvalue weighted by Gasteiger charge is 2.06. The number of rotatable bonds is 1. The zero-order valence-electron chi connectivity index (χ0n) is 7.00. The van der Waals surface area contributed by atoms with Crippen LogP contribution in [0.15, 0.2) is 22.7 Å². The van der Waals surface area contributed by atoms with Crippen molar-refractivity contribution < 1.29 is 4.79 Å². The lowest BCUT2D eigenvalue weighted by Gasteiger charge is -1.91. The molecule has 1 heterocycles. The van der Waals surface area contributed by atoms with Crippen LogP contribution in [0.3, 0.4) is 0 Å². The summed E-state index contributed by atoms with van der Waals surface area (Å²) >= 11 is 4.95. The monoisotopic (exact) mass is 254 g/mol. The van der Waals surface area contributed by atoms with Crippen LogP contribution in [0.5, 0.6) is 0 Å². The highest BCUT2D eigenvalue weighted by Crippen LogP contribution is 2.31. The Hall–Kier alpha value is -0.670. The molecule has 1 nitrogen and oxygen atoms in total. The first-order chi connectivity index (χ1) is 6.22. The molecular weight excluding hydrogens is 248 g/mol. The van der Waals surface area contributed by atoms with E-state index < -0.39 is 0 Å². The number of aryl methyl sites for hydroxylation is 1. The number of hydrogen-bond donors (Lipinski definition) is 0. The maximum atomic E-state index is 10.7. The largest absolute Gasteiger partial charge is 0.297 e. The Bertz CT molecular complexity index is 473. The highest BCUT2D eigenvalue weighted by molar-refractivity contribution is 9.10. The Morgan fingerprint density at radius 2 is 2.23 bits per heavy atom. The van der Waals surface area contributed by atoms with Gasteiger partial charge in [-0.1, -0.05) is 22.0 Å². The highest BCUT2D eigenvalue weighted by atomic mass is 79.9. The molecule has 0 radical (unpaired) electrons. The maximum Gasteiger partial charge on any atom is 0.160 e. The minimum absolute atomic E-state index is 0.827. The summed E-state index contributed by atoms with van der Waals surface area (Å²) in [6.45, 7) is 1.98. The van der Waals surface area contributed by atoms with E-state index in [1.807, 2.05) is 25.1 Å². The van der Waals surface area contributed by atoms with Gasteiger partial charge in [0.15, 0.2) is 6.29 Å². The first-order valence-corrected chi connectivity index (χ1v) is 5.47. The summed E-state index contributed by atoms with van der Waals surface area (Å²) < 4.78 is 2.22. The molecule has 66 valence electrons. The van der Waals surface area contributed by atoms with Gasteiger partial charge in [-0.2, -0.15) is 0 Å². The van der Waals surface area contributed by atoms with Crippen molar-refractivity contribution in [2.24, 2.45) is 0 Å². The van der Waals surface area contributed by atoms with Crippen LogP contribution >= 0.6 is 27.3 Å². The van der Waals surface area contributed by atoms with Crippen molar-refractivity contribution in [3.63, 3.8) is 0 Å². The average molecular weight is 255 g/mol. The van der Waals surface area contributed by atoms with Gasteiger partial charge >= 0.3 is 0 Å². The molecule has 0 aliphatic heterocycles. The van der Waals surface area contributed by atoms with Gasteiger partial charge in [0, 0.05) is 9.17 Å². The molecule has 0 aliphatic rings. The van der Waals surface area contributed by atoms with Crippen molar-refractivity contribution in [3.05, 3.63) is 33.1 Å². The molecule has 0 spiro atoms. The molecule has 0 saturated heterocycles. The average Bonchev–Trinajstić information content (AvgIpc) is 2.42. The van der Waals surface area contributed by atoms with E-state index in [1.165, 1.54) is 16.7 Å². The predicted octanol–water partition coefficient (Wildman–Crippen LogP) is 3.78. The number of carbonyl (C=O) groups is 1. The summed E-state index contributed by atoms with van der Waals surface area (Å²) in [4.78, 5) is 11.5. The Morgan fingerprint density at radius 3 is 2.92 bits per heavy atom.